The van der Waals surface area contributed by atoms with Crippen LogP contribution in [0, 0.1) is 6.92 Å². The number of hydrogen-bond donors (Lipinski definition) is 0. The number of aryl methyl sites for hydroxylation is 1. The lowest BCUT2D eigenvalue weighted by atomic mass is 9.90. The molecule has 0 amide bonds. The highest BCUT2D eigenvalue weighted by molar-refractivity contribution is 6.09. The van der Waals surface area contributed by atoms with Crippen molar-refractivity contribution in [2.24, 2.45) is 0 Å². The molecule has 2 heterocycles. The topological polar surface area (TPSA) is 17.8 Å². The maximum absolute atomic E-state index is 4.48. The molecule has 8 aromatic rings. The molecule has 1 aliphatic carbocycles. The third-order valence-electron chi connectivity index (χ3n) is 9.81. The molecule has 0 spiro atoms. The van der Waals surface area contributed by atoms with Gasteiger partial charge in [-0.05, 0) is 124 Å². The summed E-state index contributed by atoms with van der Waals surface area (Å²) in [5, 5.41) is 2.56. The molecule has 0 unspecified atom stereocenters. The lowest BCUT2D eigenvalue weighted by Crippen LogP contribution is -1.94. The normalized spacial score (nSPS) is 13.0. The third-order valence-corrected chi connectivity index (χ3v) is 9.81. The van der Waals surface area contributed by atoms with E-state index in [1.807, 2.05) is 12.4 Å². The van der Waals surface area contributed by atoms with E-state index in [-0.39, 0.29) is 0 Å². The number of nitrogens with zero attached hydrogens (tertiary/aromatic N) is 2. The van der Waals surface area contributed by atoms with Crippen LogP contribution in [0.1, 0.15) is 29.9 Å². The molecule has 0 saturated heterocycles. The lowest BCUT2D eigenvalue weighted by Gasteiger charge is -2.14. The van der Waals surface area contributed by atoms with Crippen molar-refractivity contribution in [1.29, 1.82) is 0 Å². The smallest absolute Gasteiger partial charge is 0.0541 e. The number of rotatable bonds is 6. The van der Waals surface area contributed by atoms with Crippen LogP contribution in [0.25, 0.3) is 72.0 Å². The average molecular weight is 603 g/mol. The van der Waals surface area contributed by atoms with Crippen molar-refractivity contribution < 1.29 is 0 Å². The predicted molar refractivity (Wildman–Crippen MR) is 197 cm³/mol. The molecule has 1 aliphatic rings. The van der Waals surface area contributed by atoms with E-state index in [2.05, 4.69) is 162 Å². The highest BCUT2D eigenvalue weighted by atomic mass is 15.0. The molecule has 0 atom stereocenters. The summed E-state index contributed by atoms with van der Waals surface area (Å²) in [7, 11) is 0. The second-order valence-corrected chi connectivity index (χ2v) is 12.8. The van der Waals surface area contributed by atoms with Crippen LogP contribution >= 0.6 is 0 Å². The number of para-hydroxylation sites is 2. The van der Waals surface area contributed by atoms with Crippen LogP contribution in [0.2, 0.25) is 0 Å². The summed E-state index contributed by atoms with van der Waals surface area (Å²) in [5.74, 6) is 0.668. The van der Waals surface area contributed by atoms with Gasteiger partial charge in [0.1, 0.15) is 0 Å². The SMILES string of the molecule is Cc1ccncc1-c1cc(-c2cccc(-c3cccc(-c4cccc(-n5c6ccccc6c6ccccc65)c4)c3)c2)ccc1C1CC1. The van der Waals surface area contributed by atoms with Gasteiger partial charge in [0.15, 0.2) is 0 Å². The first-order valence-electron chi connectivity index (χ1n) is 16.6. The zero-order chi connectivity index (χ0) is 31.3. The van der Waals surface area contributed by atoms with E-state index in [0.717, 1.165) is 0 Å². The number of fused-ring (bicyclic) bond motifs is 3. The molecular formula is C45H34N2. The Morgan fingerprint density at radius 2 is 1.06 bits per heavy atom. The summed E-state index contributed by atoms with van der Waals surface area (Å²) in [6.07, 6.45) is 6.47. The second kappa shape index (κ2) is 11.3. The highest BCUT2D eigenvalue weighted by Gasteiger charge is 2.27. The molecule has 1 saturated carbocycles. The van der Waals surface area contributed by atoms with Crippen LogP contribution < -0.4 is 0 Å². The van der Waals surface area contributed by atoms with Crippen molar-refractivity contribution in [3.63, 3.8) is 0 Å². The zero-order valence-corrected chi connectivity index (χ0v) is 26.4. The fraction of sp³-hybridized carbons (Fsp3) is 0.0889. The largest absolute Gasteiger partial charge is 0.309 e. The number of hydrogen-bond acceptors (Lipinski definition) is 1. The Morgan fingerprint density at radius 3 is 1.66 bits per heavy atom. The third kappa shape index (κ3) is 4.94. The van der Waals surface area contributed by atoms with Gasteiger partial charge in [0.05, 0.1) is 11.0 Å². The van der Waals surface area contributed by atoms with Crippen LogP contribution in [-0.4, -0.2) is 9.55 Å². The van der Waals surface area contributed by atoms with Gasteiger partial charge in [-0.1, -0.05) is 97.1 Å². The van der Waals surface area contributed by atoms with Crippen molar-refractivity contribution in [3.05, 3.63) is 169 Å². The fourth-order valence-corrected chi connectivity index (χ4v) is 7.25. The molecule has 0 bridgehead atoms. The van der Waals surface area contributed by atoms with E-state index in [9.17, 15) is 0 Å². The second-order valence-electron chi connectivity index (χ2n) is 12.8. The minimum atomic E-state index is 0.668. The first-order chi connectivity index (χ1) is 23.2. The molecule has 1 fully saturated rings. The molecule has 9 rings (SSSR count). The van der Waals surface area contributed by atoms with Crippen LogP contribution in [0.5, 0.6) is 0 Å². The molecule has 6 aromatic carbocycles. The molecule has 47 heavy (non-hydrogen) atoms. The molecule has 2 nitrogen and oxygen atoms in total. The maximum Gasteiger partial charge on any atom is 0.0541 e. The van der Waals surface area contributed by atoms with Gasteiger partial charge in [-0.15, -0.1) is 0 Å². The van der Waals surface area contributed by atoms with Crippen molar-refractivity contribution in [3.8, 4) is 50.2 Å². The van der Waals surface area contributed by atoms with Crippen LogP contribution in [0.3, 0.4) is 0 Å². The summed E-state index contributed by atoms with van der Waals surface area (Å²) in [6.45, 7) is 2.19. The van der Waals surface area contributed by atoms with Crippen molar-refractivity contribution in [2.75, 3.05) is 0 Å². The molecule has 0 radical (unpaired) electrons. The van der Waals surface area contributed by atoms with Crippen LogP contribution in [0.15, 0.2) is 158 Å². The molecular weight excluding hydrogens is 569 g/mol. The summed E-state index contributed by atoms with van der Waals surface area (Å²) in [5.41, 5.74) is 16.2. The van der Waals surface area contributed by atoms with Crippen molar-refractivity contribution in [1.82, 2.24) is 9.55 Å². The summed E-state index contributed by atoms with van der Waals surface area (Å²) in [6, 6.07) is 53.4. The van der Waals surface area contributed by atoms with E-state index in [1.54, 1.807) is 0 Å². The lowest BCUT2D eigenvalue weighted by molar-refractivity contribution is 1.13. The van der Waals surface area contributed by atoms with E-state index in [0.29, 0.717) is 5.92 Å². The Morgan fingerprint density at radius 1 is 0.511 bits per heavy atom. The number of aromatic nitrogens is 2. The van der Waals surface area contributed by atoms with Gasteiger partial charge in [0.2, 0.25) is 0 Å². The Balaban J connectivity index is 1.09. The fourth-order valence-electron chi connectivity index (χ4n) is 7.25. The van der Waals surface area contributed by atoms with Gasteiger partial charge in [0.25, 0.3) is 0 Å². The standard InChI is InChI=1S/C45H34N2/c1-30-23-24-46-29-43(30)42-28-37(21-22-39(42)31-19-20-31)35-12-7-10-33(26-35)32-9-6-11-34(25-32)36-13-8-14-38(27-36)47-44-17-4-2-15-40(44)41-16-3-5-18-45(41)47/h2-18,21-29,31H,19-20H2,1H3. The maximum atomic E-state index is 4.48. The molecule has 0 aliphatic heterocycles. The molecule has 224 valence electrons. The monoisotopic (exact) mass is 602 g/mol. The zero-order valence-electron chi connectivity index (χ0n) is 26.4. The molecule has 2 heteroatoms. The van der Waals surface area contributed by atoms with Crippen molar-refractivity contribution >= 4 is 21.8 Å². The van der Waals surface area contributed by atoms with Crippen LogP contribution in [0.4, 0.5) is 0 Å². The Bertz CT molecular complexity index is 2390. The van der Waals surface area contributed by atoms with E-state index < -0.39 is 0 Å². The Hall–Kier alpha value is -5.73. The van der Waals surface area contributed by atoms with Gasteiger partial charge in [-0.2, -0.15) is 0 Å². The van der Waals surface area contributed by atoms with Gasteiger partial charge < -0.3 is 4.57 Å². The highest BCUT2D eigenvalue weighted by Crippen LogP contribution is 2.46. The molecule has 2 aromatic heterocycles. The summed E-state index contributed by atoms with van der Waals surface area (Å²) >= 11 is 0. The quantitative estimate of drug-likeness (QED) is 0.185. The summed E-state index contributed by atoms with van der Waals surface area (Å²) in [4.78, 5) is 4.48. The van der Waals surface area contributed by atoms with Gasteiger partial charge >= 0.3 is 0 Å². The number of pyridine rings is 1. The van der Waals surface area contributed by atoms with Gasteiger partial charge in [0, 0.05) is 34.4 Å². The number of benzene rings is 6. The first kappa shape index (κ1) is 27.6. The Labute approximate surface area is 275 Å². The Kier molecular flexibility index (Phi) is 6.60. The average Bonchev–Trinajstić information content (AvgIpc) is 3.93. The molecule has 0 N–H and O–H groups in total. The van der Waals surface area contributed by atoms with Gasteiger partial charge in [-0.25, -0.2) is 0 Å². The predicted octanol–water partition coefficient (Wildman–Crippen LogP) is 12.0. The van der Waals surface area contributed by atoms with Crippen LogP contribution in [-0.2, 0) is 0 Å². The minimum Gasteiger partial charge on any atom is -0.309 e. The van der Waals surface area contributed by atoms with Gasteiger partial charge in [-0.3, -0.25) is 4.98 Å². The van der Waals surface area contributed by atoms with E-state index in [4.69, 9.17) is 0 Å². The van der Waals surface area contributed by atoms with E-state index >= 15 is 0 Å². The van der Waals surface area contributed by atoms with E-state index in [1.165, 1.54) is 96.0 Å². The minimum absolute atomic E-state index is 0.668. The first-order valence-corrected chi connectivity index (χ1v) is 16.6. The summed E-state index contributed by atoms with van der Waals surface area (Å²) < 4.78 is 2.39. The van der Waals surface area contributed by atoms with Crippen molar-refractivity contribution in [2.45, 2.75) is 25.7 Å².